The predicted molar refractivity (Wildman–Crippen MR) is 105 cm³/mol. The SMILES string of the molecule is CC(C)(C)OC(=O)N1CCCC2(C=C(OS(C)(=O)=O)c3ccccc3O2)CC1. The number of ether oxygens (including phenoxy) is 2. The largest absolute Gasteiger partial charge is 0.482 e. The van der Waals surface area contributed by atoms with Gasteiger partial charge >= 0.3 is 16.2 Å². The number of carbonyl (C=O) groups is 1. The molecule has 2 aliphatic heterocycles. The third-order valence-electron chi connectivity index (χ3n) is 4.59. The molecule has 0 saturated carbocycles. The Kier molecular flexibility index (Phi) is 5.36. The van der Waals surface area contributed by atoms with Crippen LogP contribution in [0, 0.1) is 0 Å². The molecular weight excluding hydrogens is 382 g/mol. The maximum atomic E-state index is 12.4. The smallest absolute Gasteiger partial charge is 0.410 e. The van der Waals surface area contributed by atoms with E-state index in [4.69, 9.17) is 13.7 Å². The maximum Gasteiger partial charge on any atom is 0.410 e. The molecule has 1 saturated heterocycles. The minimum absolute atomic E-state index is 0.273. The van der Waals surface area contributed by atoms with Gasteiger partial charge in [-0.05, 0) is 45.7 Å². The Labute approximate surface area is 166 Å². The monoisotopic (exact) mass is 409 g/mol. The van der Waals surface area contributed by atoms with Crippen LogP contribution in [0.2, 0.25) is 0 Å². The van der Waals surface area contributed by atoms with Crippen LogP contribution in [0.1, 0.15) is 45.6 Å². The second-order valence-electron chi connectivity index (χ2n) is 8.28. The van der Waals surface area contributed by atoms with Gasteiger partial charge in [-0.1, -0.05) is 12.1 Å². The summed E-state index contributed by atoms with van der Waals surface area (Å²) < 4.78 is 40.5. The lowest BCUT2D eigenvalue weighted by molar-refractivity contribution is 0.0242. The molecule has 0 aromatic heterocycles. The van der Waals surface area contributed by atoms with Crippen LogP contribution in [0.4, 0.5) is 4.79 Å². The number of fused-ring (bicyclic) bond motifs is 1. The molecule has 3 rings (SSSR count). The van der Waals surface area contributed by atoms with Gasteiger partial charge in [0.1, 0.15) is 17.0 Å². The van der Waals surface area contributed by atoms with E-state index in [0.717, 1.165) is 6.26 Å². The van der Waals surface area contributed by atoms with E-state index in [1.807, 2.05) is 26.8 Å². The first-order valence-corrected chi connectivity index (χ1v) is 11.2. The molecular formula is C20H27NO6S. The summed E-state index contributed by atoms with van der Waals surface area (Å²) in [5, 5.41) is 0. The summed E-state index contributed by atoms with van der Waals surface area (Å²) in [5.74, 6) is 0.851. The number of carbonyl (C=O) groups excluding carboxylic acids is 1. The number of hydrogen-bond acceptors (Lipinski definition) is 6. The first-order chi connectivity index (χ1) is 13.0. The summed E-state index contributed by atoms with van der Waals surface area (Å²) in [5.41, 5.74) is -0.685. The van der Waals surface area contributed by atoms with Gasteiger partial charge in [0.05, 0.1) is 11.8 Å². The first-order valence-electron chi connectivity index (χ1n) is 9.35. The minimum Gasteiger partial charge on any atom is -0.482 e. The van der Waals surface area contributed by atoms with E-state index in [2.05, 4.69) is 0 Å². The Bertz CT molecular complexity index is 886. The second kappa shape index (κ2) is 7.31. The van der Waals surface area contributed by atoms with Gasteiger partial charge in [-0.3, -0.25) is 0 Å². The average Bonchev–Trinajstić information content (AvgIpc) is 2.74. The highest BCUT2D eigenvalue weighted by molar-refractivity contribution is 7.86. The van der Waals surface area contributed by atoms with Gasteiger partial charge in [0.15, 0.2) is 5.76 Å². The molecule has 1 spiro atoms. The van der Waals surface area contributed by atoms with Crippen molar-refractivity contribution in [2.24, 2.45) is 0 Å². The van der Waals surface area contributed by atoms with Gasteiger partial charge in [0, 0.05) is 25.6 Å². The molecule has 28 heavy (non-hydrogen) atoms. The van der Waals surface area contributed by atoms with Crippen LogP contribution in [-0.2, 0) is 19.0 Å². The van der Waals surface area contributed by atoms with E-state index in [1.165, 1.54) is 0 Å². The van der Waals surface area contributed by atoms with Crippen LogP contribution in [0.3, 0.4) is 0 Å². The van der Waals surface area contributed by atoms with Crippen molar-refractivity contribution in [1.29, 1.82) is 0 Å². The topological polar surface area (TPSA) is 82.1 Å². The summed E-state index contributed by atoms with van der Waals surface area (Å²) in [4.78, 5) is 14.1. The van der Waals surface area contributed by atoms with Gasteiger partial charge in [0.25, 0.3) is 0 Å². The summed E-state index contributed by atoms with van der Waals surface area (Å²) in [6, 6.07) is 7.20. The van der Waals surface area contributed by atoms with Gasteiger partial charge in [-0.2, -0.15) is 8.42 Å². The van der Waals surface area contributed by atoms with Crippen molar-refractivity contribution in [1.82, 2.24) is 4.90 Å². The molecule has 1 atom stereocenters. The third kappa shape index (κ3) is 4.98. The number of amides is 1. The second-order valence-corrected chi connectivity index (χ2v) is 9.85. The predicted octanol–water partition coefficient (Wildman–Crippen LogP) is 3.56. The molecule has 0 N–H and O–H groups in total. The highest BCUT2D eigenvalue weighted by Crippen LogP contribution is 2.41. The number of para-hydroxylation sites is 1. The fourth-order valence-electron chi connectivity index (χ4n) is 3.44. The lowest BCUT2D eigenvalue weighted by Crippen LogP contribution is -2.40. The standard InChI is InChI=1S/C20H27NO6S/c1-19(2,3)26-18(22)21-12-7-10-20(11-13-21)14-17(27-28(4,23)24)15-8-5-6-9-16(15)25-20/h5-6,8-9,14H,7,10-13H2,1-4H3. The van der Waals surface area contributed by atoms with Crippen molar-refractivity contribution in [3.63, 3.8) is 0 Å². The molecule has 0 bridgehead atoms. The fraction of sp³-hybridized carbons (Fsp3) is 0.550. The van der Waals surface area contributed by atoms with Crippen LogP contribution >= 0.6 is 0 Å². The van der Waals surface area contributed by atoms with Crippen LogP contribution in [0.5, 0.6) is 5.75 Å². The van der Waals surface area contributed by atoms with E-state index in [-0.39, 0.29) is 11.9 Å². The molecule has 1 aromatic carbocycles. The summed E-state index contributed by atoms with van der Waals surface area (Å²) in [6.45, 7) is 6.51. The minimum atomic E-state index is -3.68. The van der Waals surface area contributed by atoms with Gasteiger partial charge < -0.3 is 18.6 Å². The Morgan fingerprint density at radius 1 is 1.18 bits per heavy atom. The lowest BCUT2D eigenvalue weighted by Gasteiger charge is -2.35. The molecule has 0 aliphatic carbocycles. The maximum absolute atomic E-state index is 12.4. The van der Waals surface area contributed by atoms with E-state index in [1.54, 1.807) is 29.2 Å². The molecule has 1 amide bonds. The molecule has 0 radical (unpaired) electrons. The Hall–Kier alpha value is -2.22. The Morgan fingerprint density at radius 2 is 1.89 bits per heavy atom. The van der Waals surface area contributed by atoms with Crippen LogP contribution in [-0.4, -0.2) is 50.0 Å². The highest BCUT2D eigenvalue weighted by Gasteiger charge is 2.39. The van der Waals surface area contributed by atoms with Gasteiger partial charge in [-0.25, -0.2) is 4.79 Å². The molecule has 8 heteroatoms. The molecule has 1 fully saturated rings. The number of rotatable bonds is 2. The van der Waals surface area contributed by atoms with Crippen molar-refractivity contribution in [3.05, 3.63) is 35.9 Å². The molecule has 7 nitrogen and oxygen atoms in total. The van der Waals surface area contributed by atoms with Crippen LogP contribution in [0.25, 0.3) is 5.76 Å². The van der Waals surface area contributed by atoms with Crippen molar-refractivity contribution in [3.8, 4) is 5.75 Å². The first kappa shape index (κ1) is 20.5. The van der Waals surface area contributed by atoms with E-state index in [9.17, 15) is 13.2 Å². The number of nitrogens with zero attached hydrogens (tertiary/aromatic N) is 1. The van der Waals surface area contributed by atoms with Crippen LogP contribution < -0.4 is 4.74 Å². The third-order valence-corrected chi connectivity index (χ3v) is 5.07. The Balaban J connectivity index is 1.85. The van der Waals surface area contributed by atoms with Crippen molar-refractivity contribution in [2.75, 3.05) is 19.3 Å². The van der Waals surface area contributed by atoms with Crippen molar-refractivity contribution in [2.45, 2.75) is 51.2 Å². The summed E-state index contributed by atoms with van der Waals surface area (Å²) >= 11 is 0. The van der Waals surface area contributed by atoms with Gasteiger partial charge in [-0.15, -0.1) is 0 Å². The zero-order valence-corrected chi connectivity index (χ0v) is 17.5. The van der Waals surface area contributed by atoms with E-state index < -0.39 is 21.3 Å². The fourth-order valence-corrected chi connectivity index (χ4v) is 3.91. The number of likely N-dealkylation sites (tertiary alicyclic amines) is 1. The van der Waals surface area contributed by atoms with E-state index >= 15 is 0 Å². The van der Waals surface area contributed by atoms with Crippen molar-refractivity contribution < 1.29 is 26.9 Å². The van der Waals surface area contributed by atoms with Gasteiger partial charge in [0.2, 0.25) is 0 Å². The zero-order valence-electron chi connectivity index (χ0n) is 16.7. The zero-order chi connectivity index (χ0) is 20.6. The molecule has 154 valence electrons. The highest BCUT2D eigenvalue weighted by atomic mass is 32.2. The molecule has 2 heterocycles. The number of hydrogen-bond donors (Lipinski definition) is 0. The lowest BCUT2D eigenvalue weighted by atomic mass is 9.90. The van der Waals surface area contributed by atoms with Crippen LogP contribution in [0.15, 0.2) is 30.3 Å². The number of benzene rings is 1. The molecule has 1 aromatic rings. The molecule has 1 unspecified atom stereocenters. The quantitative estimate of drug-likeness (QED) is 0.695. The van der Waals surface area contributed by atoms with E-state index in [0.29, 0.717) is 43.7 Å². The summed E-state index contributed by atoms with van der Waals surface area (Å²) in [7, 11) is -3.68. The average molecular weight is 410 g/mol. The normalized spacial score (nSPS) is 22.6. The summed E-state index contributed by atoms with van der Waals surface area (Å²) in [6.07, 6.45) is 4.26. The Morgan fingerprint density at radius 3 is 2.57 bits per heavy atom. The van der Waals surface area contributed by atoms with Crippen molar-refractivity contribution >= 4 is 22.0 Å². The molecule has 2 aliphatic rings.